The van der Waals surface area contributed by atoms with Gasteiger partial charge < -0.3 is 10.3 Å². The number of aromatic nitrogens is 2. The first-order valence-electron chi connectivity index (χ1n) is 6.61. The molecule has 1 saturated heterocycles. The molecular formula is C13H10F7N3. The molecule has 1 aromatic carbocycles. The number of alkyl halides is 7. The van der Waals surface area contributed by atoms with Crippen LogP contribution < -0.4 is 5.32 Å². The van der Waals surface area contributed by atoms with Crippen LogP contribution in [0.5, 0.6) is 0 Å². The fraction of sp³-hybridized carbons (Fsp3) is 0.462. The van der Waals surface area contributed by atoms with Gasteiger partial charge in [-0.05, 0) is 12.1 Å². The molecule has 1 fully saturated rings. The Balaban J connectivity index is 2.16. The zero-order valence-corrected chi connectivity index (χ0v) is 11.3. The van der Waals surface area contributed by atoms with Crippen molar-refractivity contribution < 1.29 is 30.7 Å². The van der Waals surface area contributed by atoms with E-state index in [2.05, 4.69) is 15.3 Å². The van der Waals surface area contributed by atoms with Crippen molar-refractivity contribution in [1.29, 1.82) is 0 Å². The summed E-state index contributed by atoms with van der Waals surface area (Å²) in [4.78, 5) is 6.19. The highest BCUT2D eigenvalue weighted by molar-refractivity contribution is 5.80. The van der Waals surface area contributed by atoms with E-state index in [1.807, 2.05) is 0 Å². The van der Waals surface area contributed by atoms with Crippen molar-refractivity contribution in [2.45, 2.75) is 31.0 Å². The summed E-state index contributed by atoms with van der Waals surface area (Å²) < 4.78 is 90.6. The number of imidazole rings is 1. The lowest BCUT2D eigenvalue weighted by Gasteiger charge is -2.11. The van der Waals surface area contributed by atoms with Gasteiger partial charge in [-0.3, -0.25) is 0 Å². The van der Waals surface area contributed by atoms with E-state index in [0.717, 1.165) is 0 Å². The van der Waals surface area contributed by atoms with Crippen LogP contribution in [0.3, 0.4) is 0 Å². The van der Waals surface area contributed by atoms with Gasteiger partial charge in [0.15, 0.2) is 0 Å². The highest BCUT2D eigenvalue weighted by Gasteiger charge is 2.39. The van der Waals surface area contributed by atoms with Crippen LogP contribution in [0.4, 0.5) is 30.7 Å². The Kier molecular flexibility index (Phi) is 3.54. The summed E-state index contributed by atoms with van der Waals surface area (Å²) in [7, 11) is 0. The number of benzene rings is 1. The predicted molar refractivity (Wildman–Crippen MR) is 66.4 cm³/mol. The SMILES string of the molecule is F[C@@H]1CN[C@H](c2nc3c(C(F)(F)F)cc(C(F)(F)F)cc3[nH]2)C1. The van der Waals surface area contributed by atoms with Crippen molar-refractivity contribution in [3.8, 4) is 0 Å². The quantitative estimate of drug-likeness (QED) is 0.771. The molecule has 1 aliphatic rings. The standard InChI is InChI=1S/C13H10F7N3/c14-6-3-9(21-4-6)11-22-8-2-5(12(15,16)17)1-7(10(8)23-11)13(18,19)20/h1-2,6,9,21H,3-4H2,(H,22,23)/t6-,9-/m0/s1. The first kappa shape index (κ1) is 16.0. The van der Waals surface area contributed by atoms with Crippen molar-refractivity contribution in [1.82, 2.24) is 15.3 Å². The minimum absolute atomic E-state index is 0.00665. The van der Waals surface area contributed by atoms with Gasteiger partial charge in [0.2, 0.25) is 0 Å². The molecule has 2 N–H and O–H groups in total. The number of hydrogen-bond donors (Lipinski definition) is 2. The zero-order valence-electron chi connectivity index (χ0n) is 11.3. The molecule has 2 atom stereocenters. The Labute approximate surface area is 124 Å². The molecule has 0 saturated carbocycles. The highest BCUT2D eigenvalue weighted by Crippen LogP contribution is 2.40. The number of rotatable bonds is 1. The minimum atomic E-state index is -4.99. The number of hydrogen-bond acceptors (Lipinski definition) is 2. The van der Waals surface area contributed by atoms with Crippen LogP contribution in [-0.2, 0) is 12.4 Å². The molecule has 23 heavy (non-hydrogen) atoms. The maximum absolute atomic E-state index is 13.2. The Hall–Kier alpha value is -1.84. The number of fused-ring (bicyclic) bond motifs is 1. The van der Waals surface area contributed by atoms with Gasteiger partial charge >= 0.3 is 12.4 Å². The fourth-order valence-electron chi connectivity index (χ4n) is 2.58. The van der Waals surface area contributed by atoms with Gasteiger partial charge in [0.1, 0.15) is 17.5 Å². The van der Waals surface area contributed by atoms with Crippen molar-refractivity contribution in [2.75, 3.05) is 6.54 Å². The number of nitrogens with zero attached hydrogens (tertiary/aromatic N) is 1. The molecule has 3 rings (SSSR count). The van der Waals surface area contributed by atoms with Crippen LogP contribution in [0.2, 0.25) is 0 Å². The second-order valence-electron chi connectivity index (χ2n) is 5.33. The zero-order chi connectivity index (χ0) is 17.0. The Morgan fingerprint density at radius 3 is 2.26 bits per heavy atom. The summed E-state index contributed by atoms with van der Waals surface area (Å²) >= 11 is 0. The summed E-state index contributed by atoms with van der Waals surface area (Å²) in [5.41, 5.74) is -3.88. The third-order valence-corrected chi connectivity index (χ3v) is 3.64. The van der Waals surface area contributed by atoms with Gasteiger partial charge in [-0.2, -0.15) is 26.3 Å². The topological polar surface area (TPSA) is 40.7 Å². The van der Waals surface area contributed by atoms with Gasteiger partial charge in [0.25, 0.3) is 0 Å². The van der Waals surface area contributed by atoms with Crippen LogP contribution in [0, 0.1) is 0 Å². The third-order valence-electron chi connectivity index (χ3n) is 3.64. The largest absolute Gasteiger partial charge is 0.418 e. The van der Waals surface area contributed by atoms with E-state index in [9.17, 15) is 30.7 Å². The van der Waals surface area contributed by atoms with Gasteiger partial charge in [-0.25, -0.2) is 9.37 Å². The summed E-state index contributed by atoms with van der Waals surface area (Å²) in [5, 5.41) is 2.71. The number of H-pyrrole nitrogens is 1. The van der Waals surface area contributed by atoms with Crippen LogP contribution >= 0.6 is 0 Å². The predicted octanol–water partition coefficient (Wildman–Crippen LogP) is 3.97. The van der Waals surface area contributed by atoms with E-state index in [0.29, 0.717) is 6.07 Å². The van der Waals surface area contributed by atoms with Crippen LogP contribution in [0.1, 0.15) is 29.4 Å². The number of nitrogens with one attached hydrogen (secondary N) is 2. The average molecular weight is 341 g/mol. The van der Waals surface area contributed by atoms with Crippen LogP contribution in [0.25, 0.3) is 11.0 Å². The maximum Gasteiger partial charge on any atom is 0.418 e. The fourth-order valence-corrected chi connectivity index (χ4v) is 2.58. The van der Waals surface area contributed by atoms with Crippen molar-refractivity contribution in [3.63, 3.8) is 0 Å². The van der Waals surface area contributed by atoms with E-state index in [-0.39, 0.29) is 30.4 Å². The molecule has 2 heterocycles. The Morgan fingerprint density at radius 2 is 1.74 bits per heavy atom. The highest BCUT2D eigenvalue weighted by atomic mass is 19.4. The lowest BCUT2D eigenvalue weighted by Crippen LogP contribution is -2.15. The second-order valence-corrected chi connectivity index (χ2v) is 5.33. The molecule has 3 nitrogen and oxygen atoms in total. The van der Waals surface area contributed by atoms with E-state index >= 15 is 0 Å². The lowest BCUT2D eigenvalue weighted by atomic mass is 10.1. The van der Waals surface area contributed by atoms with Gasteiger partial charge in [0.05, 0.1) is 22.7 Å². The van der Waals surface area contributed by atoms with Gasteiger partial charge in [-0.1, -0.05) is 0 Å². The van der Waals surface area contributed by atoms with E-state index in [1.165, 1.54) is 0 Å². The minimum Gasteiger partial charge on any atom is -0.341 e. The number of halogens is 7. The molecule has 0 spiro atoms. The first-order valence-corrected chi connectivity index (χ1v) is 6.61. The Morgan fingerprint density at radius 1 is 1.04 bits per heavy atom. The average Bonchev–Trinajstić information content (AvgIpc) is 3.00. The molecular weight excluding hydrogens is 331 g/mol. The second kappa shape index (κ2) is 5.08. The molecule has 1 aliphatic heterocycles. The first-order chi connectivity index (χ1) is 10.6. The molecule has 2 aromatic rings. The van der Waals surface area contributed by atoms with Gasteiger partial charge in [-0.15, -0.1) is 0 Å². The molecule has 0 unspecified atom stereocenters. The van der Waals surface area contributed by atoms with Crippen molar-refractivity contribution in [2.24, 2.45) is 0 Å². The monoisotopic (exact) mass is 341 g/mol. The van der Waals surface area contributed by atoms with Crippen LogP contribution in [-0.4, -0.2) is 22.7 Å². The molecule has 0 aliphatic carbocycles. The normalized spacial score (nSPS) is 22.9. The number of aromatic amines is 1. The summed E-state index contributed by atoms with van der Waals surface area (Å²) in [6.07, 6.45) is -11.1. The molecule has 0 amide bonds. The summed E-state index contributed by atoms with van der Waals surface area (Å²) in [6, 6.07) is -0.0523. The summed E-state index contributed by atoms with van der Waals surface area (Å²) in [6.45, 7) is 0.0155. The van der Waals surface area contributed by atoms with Gasteiger partial charge in [0, 0.05) is 13.0 Å². The third kappa shape index (κ3) is 2.99. The summed E-state index contributed by atoms with van der Waals surface area (Å²) in [5.74, 6) is -0.00928. The molecule has 1 aromatic heterocycles. The molecule has 0 radical (unpaired) electrons. The van der Waals surface area contributed by atoms with Crippen LogP contribution in [0.15, 0.2) is 12.1 Å². The Bertz CT molecular complexity index is 731. The molecule has 0 bridgehead atoms. The van der Waals surface area contributed by atoms with E-state index in [1.54, 1.807) is 0 Å². The lowest BCUT2D eigenvalue weighted by molar-refractivity contribution is -0.142. The maximum atomic E-state index is 13.2. The molecule has 10 heteroatoms. The van der Waals surface area contributed by atoms with Crippen molar-refractivity contribution in [3.05, 3.63) is 29.1 Å². The van der Waals surface area contributed by atoms with Crippen molar-refractivity contribution >= 4 is 11.0 Å². The van der Waals surface area contributed by atoms with E-state index in [4.69, 9.17) is 0 Å². The molecule has 126 valence electrons. The smallest absolute Gasteiger partial charge is 0.341 e. The van der Waals surface area contributed by atoms with E-state index < -0.39 is 41.2 Å².